The zero-order chi connectivity index (χ0) is 17.8. The number of methoxy groups -OCH3 is 1. The molecule has 0 saturated heterocycles. The summed E-state index contributed by atoms with van der Waals surface area (Å²) in [5, 5.41) is 28.1. The van der Waals surface area contributed by atoms with E-state index < -0.39 is 5.97 Å². The minimum atomic E-state index is -0.718. The molecule has 3 N–H and O–H groups in total. The molecule has 0 amide bonds. The lowest BCUT2D eigenvalue weighted by atomic mass is 10.0. The van der Waals surface area contributed by atoms with Crippen molar-refractivity contribution in [1.29, 1.82) is 0 Å². The van der Waals surface area contributed by atoms with Crippen LogP contribution in [0.4, 0.5) is 0 Å². The second-order valence-corrected chi connectivity index (χ2v) is 6.25. The summed E-state index contributed by atoms with van der Waals surface area (Å²) in [6.07, 6.45) is 8.18. The number of aromatic hydroxyl groups is 1. The number of phenolic OH excluding ortho intramolecular Hbond substituents is 1. The van der Waals surface area contributed by atoms with E-state index in [2.05, 4.69) is 0 Å². The van der Waals surface area contributed by atoms with Crippen LogP contribution >= 0.6 is 0 Å². The van der Waals surface area contributed by atoms with Crippen LogP contribution in [0, 0.1) is 0 Å². The van der Waals surface area contributed by atoms with Crippen LogP contribution in [0.3, 0.4) is 0 Å². The number of hydrogen-bond donors (Lipinski definition) is 3. The van der Waals surface area contributed by atoms with Crippen molar-refractivity contribution in [1.82, 2.24) is 0 Å². The number of phenols is 1. The van der Waals surface area contributed by atoms with E-state index in [-0.39, 0.29) is 18.3 Å². The van der Waals surface area contributed by atoms with Gasteiger partial charge in [-0.3, -0.25) is 4.79 Å². The van der Waals surface area contributed by atoms with Crippen molar-refractivity contribution in [3.63, 3.8) is 0 Å². The number of aliphatic hydroxyl groups is 1. The van der Waals surface area contributed by atoms with E-state index in [4.69, 9.17) is 9.84 Å². The fraction of sp³-hybridized carbons (Fsp3) is 0.632. The number of benzene rings is 1. The van der Waals surface area contributed by atoms with Crippen LogP contribution in [-0.2, 0) is 11.2 Å². The molecule has 1 aromatic rings. The van der Waals surface area contributed by atoms with Gasteiger partial charge in [0, 0.05) is 6.42 Å². The second-order valence-electron chi connectivity index (χ2n) is 6.25. The Morgan fingerprint density at radius 2 is 1.75 bits per heavy atom. The van der Waals surface area contributed by atoms with E-state index in [0.717, 1.165) is 56.9 Å². The average Bonchev–Trinajstić information content (AvgIpc) is 2.56. The molecule has 0 aliphatic rings. The average molecular weight is 338 g/mol. The standard InChI is InChI=1S/C19H30O5/c1-24-18-14-15(11-13-17(18)21)10-12-16(20)8-6-4-2-3-5-7-9-19(22)23/h11,13-14,16,20-21H,2-10,12H2,1H3,(H,22,23). The lowest BCUT2D eigenvalue weighted by molar-refractivity contribution is -0.137. The summed E-state index contributed by atoms with van der Waals surface area (Å²) in [5.74, 6) is -0.126. The van der Waals surface area contributed by atoms with Crippen molar-refractivity contribution >= 4 is 5.97 Å². The first-order chi connectivity index (χ1) is 11.5. The van der Waals surface area contributed by atoms with Gasteiger partial charge in [0.25, 0.3) is 0 Å². The number of aryl methyl sites for hydroxylation is 1. The Bertz CT molecular complexity index is 487. The summed E-state index contributed by atoms with van der Waals surface area (Å²) in [5.41, 5.74) is 1.04. The molecule has 1 atom stereocenters. The molecule has 0 saturated carbocycles. The van der Waals surface area contributed by atoms with Crippen molar-refractivity contribution in [2.45, 2.75) is 70.3 Å². The molecular weight excluding hydrogens is 308 g/mol. The van der Waals surface area contributed by atoms with Gasteiger partial charge in [-0.05, 0) is 43.4 Å². The summed E-state index contributed by atoms with van der Waals surface area (Å²) in [7, 11) is 1.52. The first kappa shape index (κ1) is 20.3. The molecule has 0 aliphatic heterocycles. The third kappa shape index (κ3) is 8.77. The highest BCUT2D eigenvalue weighted by Gasteiger charge is 2.07. The first-order valence-electron chi connectivity index (χ1n) is 8.78. The summed E-state index contributed by atoms with van der Waals surface area (Å²) in [6.45, 7) is 0. The number of aliphatic carboxylic acids is 1. The van der Waals surface area contributed by atoms with Gasteiger partial charge in [0.15, 0.2) is 11.5 Å². The molecule has 0 fully saturated rings. The van der Waals surface area contributed by atoms with Crippen LogP contribution in [0.15, 0.2) is 18.2 Å². The van der Waals surface area contributed by atoms with Crippen molar-refractivity contribution in [3.8, 4) is 11.5 Å². The van der Waals surface area contributed by atoms with Crippen LogP contribution in [0.1, 0.15) is 63.4 Å². The van der Waals surface area contributed by atoms with E-state index in [1.165, 1.54) is 7.11 Å². The van der Waals surface area contributed by atoms with Crippen molar-refractivity contribution in [2.75, 3.05) is 7.11 Å². The van der Waals surface area contributed by atoms with Gasteiger partial charge < -0.3 is 20.1 Å². The van der Waals surface area contributed by atoms with Crippen LogP contribution in [0.2, 0.25) is 0 Å². The van der Waals surface area contributed by atoms with Gasteiger partial charge in [0.1, 0.15) is 0 Å². The van der Waals surface area contributed by atoms with E-state index in [0.29, 0.717) is 12.2 Å². The fourth-order valence-corrected chi connectivity index (χ4v) is 2.72. The Kier molecular flexibility index (Phi) is 9.92. The van der Waals surface area contributed by atoms with Crippen molar-refractivity contribution in [2.24, 2.45) is 0 Å². The van der Waals surface area contributed by atoms with E-state index in [9.17, 15) is 15.0 Å². The molecule has 1 rings (SSSR count). The van der Waals surface area contributed by atoms with Crippen molar-refractivity contribution in [3.05, 3.63) is 23.8 Å². The molecule has 0 aliphatic carbocycles. The van der Waals surface area contributed by atoms with Gasteiger partial charge in [-0.2, -0.15) is 0 Å². The highest BCUT2D eigenvalue weighted by atomic mass is 16.5. The zero-order valence-electron chi connectivity index (χ0n) is 14.5. The maximum absolute atomic E-state index is 10.4. The zero-order valence-corrected chi connectivity index (χ0v) is 14.5. The predicted molar refractivity (Wildman–Crippen MR) is 93.6 cm³/mol. The Morgan fingerprint density at radius 1 is 1.08 bits per heavy atom. The summed E-state index contributed by atoms with van der Waals surface area (Å²) < 4.78 is 5.08. The lowest BCUT2D eigenvalue weighted by Gasteiger charge is -2.11. The predicted octanol–water partition coefficient (Wildman–Crippen LogP) is 3.90. The van der Waals surface area contributed by atoms with Crippen LogP contribution in [0.25, 0.3) is 0 Å². The Hall–Kier alpha value is -1.75. The summed E-state index contributed by atoms with van der Waals surface area (Å²) in [6, 6.07) is 5.27. The molecular formula is C19H30O5. The quantitative estimate of drug-likeness (QED) is 0.475. The number of hydrogen-bond acceptors (Lipinski definition) is 4. The number of carbonyl (C=O) groups is 1. The van der Waals surface area contributed by atoms with Gasteiger partial charge in [-0.15, -0.1) is 0 Å². The smallest absolute Gasteiger partial charge is 0.303 e. The molecule has 0 aromatic heterocycles. The maximum Gasteiger partial charge on any atom is 0.303 e. The maximum atomic E-state index is 10.4. The van der Waals surface area contributed by atoms with Crippen LogP contribution in [-0.4, -0.2) is 34.5 Å². The lowest BCUT2D eigenvalue weighted by Crippen LogP contribution is -2.07. The van der Waals surface area contributed by atoms with Gasteiger partial charge in [0.05, 0.1) is 13.2 Å². The van der Waals surface area contributed by atoms with E-state index >= 15 is 0 Å². The molecule has 0 radical (unpaired) electrons. The van der Waals surface area contributed by atoms with Crippen LogP contribution < -0.4 is 4.74 Å². The molecule has 24 heavy (non-hydrogen) atoms. The number of carboxylic acids is 1. The third-order valence-electron chi connectivity index (χ3n) is 4.19. The minimum absolute atomic E-state index is 0.130. The molecule has 5 heteroatoms. The molecule has 0 spiro atoms. The largest absolute Gasteiger partial charge is 0.504 e. The van der Waals surface area contributed by atoms with Gasteiger partial charge in [-0.25, -0.2) is 0 Å². The second kappa shape index (κ2) is 11.7. The molecule has 1 unspecified atom stereocenters. The minimum Gasteiger partial charge on any atom is -0.504 e. The number of carboxylic acid groups (broad SMARTS) is 1. The summed E-state index contributed by atoms with van der Waals surface area (Å²) >= 11 is 0. The number of aliphatic hydroxyl groups excluding tert-OH is 1. The highest BCUT2D eigenvalue weighted by Crippen LogP contribution is 2.27. The number of rotatable bonds is 13. The molecule has 0 heterocycles. The molecule has 136 valence electrons. The van der Waals surface area contributed by atoms with Gasteiger partial charge >= 0.3 is 5.97 Å². The number of ether oxygens (including phenoxy) is 1. The summed E-state index contributed by atoms with van der Waals surface area (Å²) in [4.78, 5) is 10.4. The normalized spacial score (nSPS) is 12.1. The fourth-order valence-electron chi connectivity index (χ4n) is 2.72. The Labute approximate surface area is 144 Å². The van der Waals surface area contributed by atoms with E-state index in [1.54, 1.807) is 12.1 Å². The highest BCUT2D eigenvalue weighted by molar-refractivity contribution is 5.66. The topological polar surface area (TPSA) is 87.0 Å². The number of unbranched alkanes of at least 4 members (excludes halogenated alkanes) is 5. The third-order valence-corrected chi connectivity index (χ3v) is 4.19. The Balaban J connectivity index is 2.08. The Morgan fingerprint density at radius 3 is 2.42 bits per heavy atom. The SMILES string of the molecule is COc1cc(CCC(O)CCCCCCCCC(=O)O)ccc1O. The van der Waals surface area contributed by atoms with Gasteiger partial charge in [-0.1, -0.05) is 38.2 Å². The molecule has 1 aromatic carbocycles. The van der Waals surface area contributed by atoms with Crippen molar-refractivity contribution < 1.29 is 24.9 Å². The van der Waals surface area contributed by atoms with E-state index in [1.807, 2.05) is 6.07 Å². The molecule has 5 nitrogen and oxygen atoms in total. The van der Waals surface area contributed by atoms with Crippen LogP contribution in [0.5, 0.6) is 11.5 Å². The van der Waals surface area contributed by atoms with Gasteiger partial charge in [0.2, 0.25) is 0 Å². The molecule has 0 bridgehead atoms. The first-order valence-corrected chi connectivity index (χ1v) is 8.78. The monoisotopic (exact) mass is 338 g/mol.